The van der Waals surface area contributed by atoms with Gasteiger partial charge in [0.25, 0.3) is 5.91 Å². The van der Waals surface area contributed by atoms with Crippen molar-refractivity contribution >= 4 is 17.5 Å². The first-order valence-electron chi connectivity index (χ1n) is 8.86. The summed E-state index contributed by atoms with van der Waals surface area (Å²) < 4.78 is 5.81. The van der Waals surface area contributed by atoms with E-state index in [-0.39, 0.29) is 5.91 Å². The van der Waals surface area contributed by atoms with Gasteiger partial charge >= 0.3 is 0 Å². The molecular formula is C19H27ClN2O2. The molecule has 1 aliphatic carbocycles. The van der Waals surface area contributed by atoms with E-state index in [0.29, 0.717) is 22.6 Å². The van der Waals surface area contributed by atoms with Gasteiger partial charge in [-0.3, -0.25) is 4.79 Å². The number of halogens is 1. The third kappa shape index (κ3) is 3.86. The molecule has 1 atom stereocenters. The quantitative estimate of drug-likeness (QED) is 0.797. The molecule has 2 aliphatic rings. The predicted octanol–water partition coefficient (Wildman–Crippen LogP) is 3.59. The molecule has 24 heavy (non-hydrogen) atoms. The maximum Gasteiger partial charge on any atom is 0.254 e. The summed E-state index contributed by atoms with van der Waals surface area (Å²) >= 11 is 6.21. The van der Waals surface area contributed by atoms with Gasteiger partial charge in [0.2, 0.25) is 0 Å². The Morgan fingerprint density at radius 1 is 1.38 bits per heavy atom. The van der Waals surface area contributed by atoms with Crippen LogP contribution >= 0.6 is 11.6 Å². The number of hydrogen-bond acceptors (Lipinski definition) is 3. The van der Waals surface area contributed by atoms with Crippen LogP contribution in [0.2, 0.25) is 5.02 Å². The second-order valence-electron chi connectivity index (χ2n) is 7.35. The van der Waals surface area contributed by atoms with Gasteiger partial charge < -0.3 is 15.0 Å². The van der Waals surface area contributed by atoms with E-state index in [4.69, 9.17) is 16.3 Å². The van der Waals surface area contributed by atoms with Crippen LogP contribution in [0.3, 0.4) is 0 Å². The Labute approximate surface area is 149 Å². The third-order valence-corrected chi connectivity index (χ3v) is 5.81. The number of hydrogen-bond donors (Lipinski definition) is 1. The number of piperidine rings is 1. The van der Waals surface area contributed by atoms with E-state index in [1.807, 2.05) is 6.07 Å². The summed E-state index contributed by atoms with van der Waals surface area (Å²) in [5, 5.41) is 3.90. The first-order valence-corrected chi connectivity index (χ1v) is 9.24. The monoisotopic (exact) mass is 350 g/mol. The van der Waals surface area contributed by atoms with Gasteiger partial charge in [0.15, 0.2) is 0 Å². The minimum absolute atomic E-state index is 0.0902. The Morgan fingerprint density at radius 3 is 2.79 bits per heavy atom. The summed E-state index contributed by atoms with van der Waals surface area (Å²) in [4.78, 5) is 13.5. The molecule has 1 amide bonds. The van der Waals surface area contributed by atoms with E-state index in [1.54, 1.807) is 26.2 Å². The van der Waals surface area contributed by atoms with E-state index in [9.17, 15) is 4.79 Å². The zero-order valence-corrected chi connectivity index (χ0v) is 15.4. The van der Waals surface area contributed by atoms with E-state index in [0.717, 1.165) is 18.1 Å². The Kier molecular flexibility index (Phi) is 5.36. The molecule has 2 fully saturated rings. The smallest absolute Gasteiger partial charge is 0.254 e. The number of amides is 1. The zero-order valence-electron chi connectivity index (χ0n) is 14.6. The van der Waals surface area contributed by atoms with E-state index in [2.05, 4.69) is 5.32 Å². The molecule has 1 heterocycles. The molecule has 0 unspecified atom stereocenters. The number of carbonyl (C=O) groups excluding carboxylic acids is 1. The number of nitrogens with zero attached hydrogens (tertiary/aromatic N) is 1. The maximum absolute atomic E-state index is 12.0. The van der Waals surface area contributed by atoms with Gasteiger partial charge in [-0.25, -0.2) is 0 Å². The van der Waals surface area contributed by atoms with Gasteiger partial charge in [0.1, 0.15) is 5.75 Å². The highest BCUT2D eigenvalue weighted by molar-refractivity contribution is 6.34. The summed E-state index contributed by atoms with van der Waals surface area (Å²) in [7, 11) is 3.44. The van der Waals surface area contributed by atoms with Crippen molar-refractivity contribution in [2.24, 2.45) is 11.3 Å². The van der Waals surface area contributed by atoms with Crippen molar-refractivity contribution in [1.82, 2.24) is 10.2 Å². The van der Waals surface area contributed by atoms with E-state index < -0.39 is 0 Å². The molecule has 4 nitrogen and oxygen atoms in total. The molecule has 0 radical (unpaired) electrons. The third-order valence-electron chi connectivity index (χ3n) is 5.50. The van der Waals surface area contributed by atoms with Gasteiger partial charge in [-0.1, -0.05) is 11.6 Å². The van der Waals surface area contributed by atoms with Gasteiger partial charge in [-0.2, -0.15) is 0 Å². The molecule has 1 aromatic carbocycles. The van der Waals surface area contributed by atoms with Gasteiger partial charge in [0.05, 0.1) is 17.2 Å². The Balaban J connectivity index is 1.42. The zero-order chi connectivity index (χ0) is 17.2. The minimum Gasteiger partial charge on any atom is -0.494 e. The van der Waals surface area contributed by atoms with Gasteiger partial charge in [-0.05, 0) is 74.7 Å². The van der Waals surface area contributed by atoms with Crippen molar-refractivity contribution in [3.63, 3.8) is 0 Å². The molecule has 5 heteroatoms. The van der Waals surface area contributed by atoms with Crippen LogP contribution < -0.4 is 10.1 Å². The van der Waals surface area contributed by atoms with Crippen LogP contribution in [0.5, 0.6) is 5.75 Å². The van der Waals surface area contributed by atoms with Crippen LogP contribution in [0.4, 0.5) is 0 Å². The van der Waals surface area contributed by atoms with Crippen LogP contribution in [-0.2, 0) is 0 Å². The summed E-state index contributed by atoms with van der Waals surface area (Å²) in [5.41, 5.74) is 1.17. The molecule has 1 spiro atoms. The molecule has 132 valence electrons. The van der Waals surface area contributed by atoms with Crippen LogP contribution in [-0.4, -0.2) is 44.6 Å². The lowest BCUT2D eigenvalue weighted by molar-refractivity contribution is 0.0827. The average Bonchev–Trinajstić information content (AvgIpc) is 3.23. The Hall–Kier alpha value is -1.26. The standard InChI is InChI=1S/C19H27ClN2O2/c1-22(2)18(23)16-6-5-15(12-17(16)20)24-11-3-4-14-13-19(14)7-9-21-10-8-19/h5-6,12,14,21H,3-4,7-11,13H2,1-2H3/t14-/m1/s1. The van der Waals surface area contributed by atoms with Crippen LogP contribution in [0.25, 0.3) is 0 Å². The van der Waals surface area contributed by atoms with Crippen LogP contribution in [0.15, 0.2) is 18.2 Å². The highest BCUT2D eigenvalue weighted by atomic mass is 35.5. The lowest BCUT2D eigenvalue weighted by Crippen LogP contribution is -2.29. The molecule has 1 aromatic rings. The Morgan fingerprint density at radius 2 is 2.12 bits per heavy atom. The summed E-state index contributed by atoms with van der Waals surface area (Å²) in [6.07, 6.45) is 6.42. The largest absolute Gasteiger partial charge is 0.494 e. The van der Waals surface area contributed by atoms with E-state index >= 15 is 0 Å². The topological polar surface area (TPSA) is 41.6 Å². The lowest BCUT2D eigenvalue weighted by Gasteiger charge is -2.23. The second kappa shape index (κ2) is 7.32. The van der Waals surface area contributed by atoms with Crippen LogP contribution in [0.1, 0.15) is 42.5 Å². The van der Waals surface area contributed by atoms with Gasteiger partial charge in [0, 0.05) is 14.1 Å². The van der Waals surface area contributed by atoms with Crippen molar-refractivity contribution < 1.29 is 9.53 Å². The fraction of sp³-hybridized carbons (Fsp3) is 0.632. The second-order valence-corrected chi connectivity index (χ2v) is 7.75. The average molecular weight is 351 g/mol. The number of nitrogens with one attached hydrogen (secondary N) is 1. The molecule has 1 saturated heterocycles. The maximum atomic E-state index is 12.0. The van der Waals surface area contributed by atoms with Crippen molar-refractivity contribution in [3.8, 4) is 5.75 Å². The molecule has 0 aromatic heterocycles. The summed E-state index contributed by atoms with van der Waals surface area (Å²) in [6, 6.07) is 5.31. The summed E-state index contributed by atoms with van der Waals surface area (Å²) in [6.45, 7) is 3.08. The number of carbonyl (C=O) groups is 1. The van der Waals surface area contributed by atoms with Crippen molar-refractivity contribution in [1.29, 1.82) is 0 Å². The fourth-order valence-corrected chi connectivity index (χ4v) is 4.15. The molecule has 3 rings (SSSR count). The minimum atomic E-state index is -0.0902. The highest BCUT2D eigenvalue weighted by Gasteiger charge is 2.52. The normalized spacial score (nSPS) is 21.5. The van der Waals surface area contributed by atoms with Crippen molar-refractivity contribution in [3.05, 3.63) is 28.8 Å². The van der Waals surface area contributed by atoms with Crippen molar-refractivity contribution in [2.75, 3.05) is 33.8 Å². The lowest BCUT2D eigenvalue weighted by atomic mass is 9.91. The van der Waals surface area contributed by atoms with Crippen molar-refractivity contribution in [2.45, 2.75) is 32.1 Å². The summed E-state index contributed by atoms with van der Waals surface area (Å²) in [5.74, 6) is 1.54. The first kappa shape index (κ1) is 17.6. The molecule has 1 aliphatic heterocycles. The number of ether oxygens (including phenoxy) is 1. The number of rotatable bonds is 6. The molecular weight excluding hydrogens is 324 g/mol. The molecule has 1 N–H and O–H groups in total. The molecule has 0 bridgehead atoms. The predicted molar refractivity (Wildman–Crippen MR) is 96.8 cm³/mol. The fourth-order valence-electron chi connectivity index (χ4n) is 3.90. The molecule has 1 saturated carbocycles. The van der Waals surface area contributed by atoms with E-state index in [1.165, 1.54) is 43.7 Å². The van der Waals surface area contributed by atoms with Crippen LogP contribution in [0, 0.1) is 11.3 Å². The first-order chi connectivity index (χ1) is 11.5. The Bertz CT molecular complexity index is 597. The highest BCUT2D eigenvalue weighted by Crippen LogP contribution is 2.60. The SMILES string of the molecule is CN(C)C(=O)c1ccc(OCCC[C@@H]2CC23CCNCC3)cc1Cl. The van der Waals surface area contributed by atoms with Gasteiger partial charge in [-0.15, -0.1) is 0 Å². The number of benzene rings is 1.